The van der Waals surface area contributed by atoms with Crippen molar-refractivity contribution < 1.29 is 22.4 Å². The molecule has 1 atom stereocenters. The SMILES string of the molecule is CC1c2nnc(C(F)(F)F)n2CCN1C(=O)c1ccco1. The molecule has 0 aliphatic carbocycles. The molecular formula is C12H11F3N4O2. The number of aromatic nitrogens is 3. The Morgan fingerprint density at radius 3 is 2.76 bits per heavy atom. The topological polar surface area (TPSA) is 64.2 Å². The fourth-order valence-electron chi connectivity index (χ4n) is 2.41. The van der Waals surface area contributed by atoms with Gasteiger partial charge in [-0.2, -0.15) is 13.2 Å². The summed E-state index contributed by atoms with van der Waals surface area (Å²) in [5, 5.41) is 6.79. The van der Waals surface area contributed by atoms with E-state index in [0.717, 1.165) is 4.57 Å². The molecule has 0 fully saturated rings. The predicted molar refractivity (Wildman–Crippen MR) is 63.2 cm³/mol. The number of nitrogens with zero attached hydrogens (tertiary/aromatic N) is 4. The summed E-state index contributed by atoms with van der Waals surface area (Å²) in [6, 6.07) is 2.47. The molecule has 0 saturated carbocycles. The number of carbonyl (C=O) groups excluding carboxylic acids is 1. The Bertz CT molecular complexity index is 663. The minimum absolute atomic E-state index is 0.00599. The van der Waals surface area contributed by atoms with Gasteiger partial charge in [-0.05, 0) is 19.1 Å². The van der Waals surface area contributed by atoms with E-state index >= 15 is 0 Å². The first-order valence-electron chi connectivity index (χ1n) is 6.24. The molecule has 0 aromatic carbocycles. The van der Waals surface area contributed by atoms with Crippen LogP contribution in [0.2, 0.25) is 0 Å². The lowest BCUT2D eigenvalue weighted by Crippen LogP contribution is -2.41. The molecule has 0 spiro atoms. The molecule has 0 radical (unpaired) electrons. The summed E-state index contributed by atoms with van der Waals surface area (Å²) in [6.07, 6.45) is -3.19. The van der Waals surface area contributed by atoms with Crippen LogP contribution in [0.15, 0.2) is 22.8 Å². The molecule has 2 aromatic rings. The van der Waals surface area contributed by atoms with Crippen molar-refractivity contribution in [3.05, 3.63) is 35.8 Å². The quantitative estimate of drug-likeness (QED) is 0.809. The Morgan fingerprint density at radius 2 is 2.14 bits per heavy atom. The number of alkyl halides is 3. The highest BCUT2D eigenvalue weighted by Crippen LogP contribution is 2.33. The van der Waals surface area contributed by atoms with E-state index in [9.17, 15) is 18.0 Å². The number of rotatable bonds is 1. The van der Waals surface area contributed by atoms with E-state index in [-0.39, 0.29) is 30.6 Å². The number of halogens is 3. The average Bonchev–Trinajstić information content (AvgIpc) is 3.07. The first-order valence-corrected chi connectivity index (χ1v) is 6.24. The molecule has 3 heterocycles. The molecule has 3 rings (SSSR count). The van der Waals surface area contributed by atoms with Crippen molar-refractivity contribution in [3.8, 4) is 0 Å². The zero-order chi connectivity index (χ0) is 15.2. The van der Waals surface area contributed by atoms with Gasteiger partial charge in [0.2, 0.25) is 5.82 Å². The van der Waals surface area contributed by atoms with E-state index in [1.165, 1.54) is 17.2 Å². The molecule has 21 heavy (non-hydrogen) atoms. The van der Waals surface area contributed by atoms with E-state index in [1.54, 1.807) is 13.0 Å². The van der Waals surface area contributed by atoms with Crippen molar-refractivity contribution in [3.63, 3.8) is 0 Å². The summed E-state index contributed by atoms with van der Waals surface area (Å²) >= 11 is 0. The third-order valence-corrected chi connectivity index (χ3v) is 3.43. The van der Waals surface area contributed by atoms with Crippen molar-refractivity contribution in [1.29, 1.82) is 0 Å². The number of hydrogen-bond acceptors (Lipinski definition) is 4. The summed E-state index contributed by atoms with van der Waals surface area (Å²) in [5.41, 5.74) is 0. The third kappa shape index (κ3) is 2.18. The third-order valence-electron chi connectivity index (χ3n) is 3.43. The highest BCUT2D eigenvalue weighted by Gasteiger charge is 2.42. The molecule has 0 bridgehead atoms. The van der Waals surface area contributed by atoms with Gasteiger partial charge >= 0.3 is 6.18 Å². The molecule has 0 saturated heterocycles. The summed E-state index contributed by atoms with van der Waals surface area (Å²) in [6.45, 7) is 1.74. The first kappa shape index (κ1) is 13.7. The van der Waals surface area contributed by atoms with Crippen LogP contribution < -0.4 is 0 Å². The highest BCUT2D eigenvalue weighted by molar-refractivity contribution is 5.91. The zero-order valence-corrected chi connectivity index (χ0v) is 11.0. The van der Waals surface area contributed by atoms with Crippen molar-refractivity contribution in [2.75, 3.05) is 6.54 Å². The Kier molecular flexibility index (Phi) is 2.99. The smallest absolute Gasteiger partial charge is 0.451 e. The van der Waals surface area contributed by atoms with Gasteiger partial charge in [-0.1, -0.05) is 0 Å². The van der Waals surface area contributed by atoms with Gasteiger partial charge in [-0.25, -0.2) is 0 Å². The normalized spacial score (nSPS) is 18.7. The maximum atomic E-state index is 12.8. The average molecular weight is 300 g/mol. The fourth-order valence-corrected chi connectivity index (χ4v) is 2.41. The molecule has 6 nitrogen and oxygen atoms in total. The van der Waals surface area contributed by atoms with E-state index in [2.05, 4.69) is 10.2 Å². The highest BCUT2D eigenvalue weighted by atomic mass is 19.4. The molecular weight excluding hydrogens is 289 g/mol. The van der Waals surface area contributed by atoms with Gasteiger partial charge in [-0.15, -0.1) is 10.2 Å². The van der Waals surface area contributed by atoms with Gasteiger partial charge in [0, 0.05) is 13.1 Å². The molecule has 1 aliphatic heterocycles. The zero-order valence-electron chi connectivity index (χ0n) is 11.0. The second-order valence-electron chi connectivity index (χ2n) is 4.68. The van der Waals surface area contributed by atoms with Crippen LogP contribution in [0.1, 0.15) is 35.2 Å². The number of fused-ring (bicyclic) bond motifs is 1. The van der Waals surface area contributed by atoms with E-state index in [1.807, 2.05) is 0 Å². The lowest BCUT2D eigenvalue weighted by atomic mass is 10.2. The standard InChI is InChI=1S/C12H11F3N4O2/c1-7-9-16-17-11(12(13,14)15)19(9)5-4-18(7)10(20)8-3-2-6-21-8/h2-3,6-7H,4-5H2,1H3. The first-order chi connectivity index (χ1) is 9.89. The second kappa shape index (κ2) is 4.61. The van der Waals surface area contributed by atoms with Crippen LogP contribution in [0.25, 0.3) is 0 Å². The predicted octanol–water partition coefficient (Wildman–Crippen LogP) is 2.11. The Labute approximate surface area is 117 Å². The Hall–Kier alpha value is -2.32. The Morgan fingerprint density at radius 1 is 1.38 bits per heavy atom. The van der Waals surface area contributed by atoms with Crippen LogP contribution in [0.4, 0.5) is 13.2 Å². The fraction of sp³-hybridized carbons (Fsp3) is 0.417. The van der Waals surface area contributed by atoms with E-state index in [4.69, 9.17) is 4.42 Å². The molecule has 9 heteroatoms. The molecule has 112 valence electrons. The molecule has 2 aromatic heterocycles. The van der Waals surface area contributed by atoms with Gasteiger partial charge in [0.1, 0.15) is 0 Å². The molecule has 0 N–H and O–H groups in total. The number of furan rings is 1. The molecule has 1 unspecified atom stereocenters. The van der Waals surface area contributed by atoms with Crippen LogP contribution >= 0.6 is 0 Å². The number of amides is 1. The van der Waals surface area contributed by atoms with Crippen LogP contribution in [0.3, 0.4) is 0 Å². The van der Waals surface area contributed by atoms with Crippen LogP contribution in [0, 0.1) is 0 Å². The number of hydrogen-bond donors (Lipinski definition) is 0. The summed E-state index contributed by atoms with van der Waals surface area (Å²) in [7, 11) is 0. The van der Waals surface area contributed by atoms with Gasteiger partial charge in [0.15, 0.2) is 11.6 Å². The van der Waals surface area contributed by atoms with Gasteiger partial charge in [-0.3, -0.25) is 4.79 Å². The van der Waals surface area contributed by atoms with Crippen molar-refractivity contribution in [2.24, 2.45) is 0 Å². The summed E-state index contributed by atoms with van der Waals surface area (Å²) in [5.74, 6) is -1.15. The van der Waals surface area contributed by atoms with Crippen molar-refractivity contribution in [1.82, 2.24) is 19.7 Å². The van der Waals surface area contributed by atoms with Crippen LogP contribution in [0.5, 0.6) is 0 Å². The van der Waals surface area contributed by atoms with E-state index in [0.29, 0.717) is 0 Å². The summed E-state index contributed by atoms with van der Waals surface area (Å²) in [4.78, 5) is 13.7. The Balaban J connectivity index is 1.92. The minimum Gasteiger partial charge on any atom is -0.459 e. The maximum absolute atomic E-state index is 12.8. The van der Waals surface area contributed by atoms with Crippen LogP contribution in [-0.2, 0) is 12.7 Å². The molecule has 1 amide bonds. The largest absolute Gasteiger partial charge is 0.459 e. The summed E-state index contributed by atoms with van der Waals surface area (Å²) < 4.78 is 44.4. The van der Waals surface area contributed by atoms with Crippen molar-refractivity contribution in [2.45, 2.75) is 25.7 Å². The minimum atomic E-state index is -4.56. The van der Waals surface area contributed by atoms with Gasteiger partial charge < -0.3 is 13.9 Å². The van der Waals surface area contributed by atoms with Gasteiger partial charge in [0.25, 0.3) is 5.91 Å². The monoisotopic (exact) mass is 300 g/mol. The maximum Gasteiger partial charge on any atom is 0.451 e. The lowest BCUT2D eigenvalue weighted by Gasteiger charge is -2.33. The van der Waals surface area contributed by atoms with Crippen LogP contribution in [-0.4, -0.2) is 32.1 Å². The second-order valence-corrected chi connectivity index (χ2v) is 4.68. The van der Waals surface area contributed by atoms with Crippen molar-refractivity contribution >= 4 is 5.91 Å². The lowest BCUT2D eigenvalue weighted by molar-refractivity contribution is -0.148. The van der Waals surface area contributed by atoms with E-state index < -0.39 is 18.0 Å². The van der Waals surface area contributed by atoms with Gasteiger partial charge in [0.05, 0.1) is 12.3 Å². The molecule has 1 aliphatic rings. The number of carbonyl (C=O) groups is 1.